The summed E-state index contributed by atoms with van der Waals surface area (Å²) in [6.45, 7) is 9.29. The number of anilines is 1. The van der Waals surface area contributed by atoms with E-state index >= 15 is 0 Å². The topological polar surface area (TPSA) is 100 Å². The summed E-state index contributed by atoms with van der Waals surface area (Å²) in [7, 11) is 0. The molecule has 0 radical (unpaired) electrons. The summed E-state index contributed by atoms with van der Waals surface area (Å²) in [4.78, 5) is 48.6. The molecule has 3 N–H and O–H groups in total. The molecule has 0 spiro atoms. The van der Waals surface area contributed by atoms with Crippen molar-refractivity contribution < 1.29 is 14.4 Å². The average Bonchev–Trinajstić information content (AvgIpc) is 3.06. The number of carbonyl (C=O) groups excluding carboxylic acids is 3. The van der Waals surface area contributed by atoms with Gasteiger partial charge in [-0.05, 0) is 61.4 Å². The third-order valence-corrected chi connectivity index (χ3v) is 10.6. The van der Waals surface area contributed by atoms with E-state index in [9.17, 15) is 14.4 Å². The molecular weight excluding hydrogens is 622 g/mol. The lowest BCUT2D eigenvalue weighted by molar-refractivity contribution is -0.134. The second kappa shape index (κ2) is 13.9. The number of carbonyl (C=O) groups is 3. The van der Waals surface area contributed by atoms with E-state index in [0.29, 0.717) is 58.0 Å². The number of hydrogen-bond donors (Lipinski definition) is 3. The molecular formula is C33H44BrN7O3. The SMILES string of the molecule is Cc1cc(CC(NC(=O)N2CCC(N3Cc4ccccc4NC3=O)CC2)C(=O)N2CCC(N3CCNCC3)CC2)ccc1Br. The lowest BCUT2D eigenvalue weighted by atomic mass is 9.99. The number of piperidine rings is 2. The molecule has 44 heavy (non-hydrogen) atoms. The number of likely N-dealkylation sites (tertiary alicyclic amines) is 2. The van der Waals surface area contributed by atoms with E-state index in [4.69, 9.17) is 0 Å². The maximum atomic E-state index is 14.0. The van der Waals surface area contributed by atoms with Gasteiger partial charge in [-0.15, -0.1) is 0 Å². The normalized spacial score (nSPS) is 21.0. The second-order valence-electron chi connectivity index (χ2n) is 12.6. The number of para-hydroxylation sites is 1. The molecule has 1 unspecified atom stereocenters. The van der Waals surface area contributed by atoms with Gasteiger partial charge in [0.05, 0.1) is 0 Å². The van der Waals surface area contributed by atoms with Crippen LogP contribution in [0.15, 0.2) is 46.9 Å². The zero-order valence-corrected chi connectivity index (χ0v) is 27.2. The minimum Gasteiger partial charge on any atom is -0.341 e. The summed E-state index contributed by atoms with van der Waals surface area (Å²) in [5.41, 5.74) is 4.10. The van der Waals surface area contributed by atoms with E-state index in [0.717, 1.165) is 65.9 Å². The van der Waals surface area contributed by atoms with Gasteiger partial charge in [0.15, 0.2) is 0 Å². The summed E-state index contributed by atoms with van der Waals surface area (Å²) in [5.74, 6) is -0.00350. The van der Waals surface area contributed by atoms with Gasteiger partial charge in [0, 0.05) is 87.6 Å². The highest BCUT2D eigenvalue weighted by Crippen LogP contribution is 2.28. The number of piperazine rings is 1. The van der Waals surface area contributed by atoms with Crippen molar-refractivity contribution in [1.82, 2.24) is 30.2 Å². The van der Waals surface area contributed by atoms with Crippen LogP contribution in [0.3, 0.4) is 0 Å². The van der Waals surface area contributed by atoms with Crippen molar-refractivity contribution in [3.05, 3.63) is 63.6 Å². The Morgan fingerprint density at radius 2 is 1.61 bits per heavy atom. The van der Waals surface area contributed by atoms with Gasteiger partial charge in [0.25, 0.3) is 0 Å². The molecule has 5 amide bonds. The molecule has 6 rings (SSSR count). The van der Waals surface area contributed by atoms with Gasteiger partial charge >= 0.3 is 12.1 Å². The van der Waals surface area contributed by atoms with Crippen LogP contribution in [0.5, 0.6) is 0 Å². The minimum absolute atomic E-state index is 0.00350. The van der Waals surface area contributed by atoms with Gasteiger partial charge in [0.1, 0.15) is 6.04 Å². The fourth-order valence-electron chi connectivity index (χ4n) is 7.13. The van der Waals surface area contributed by atoms with Gasteiger partial charge in [-0.2, -0.15) is 0 Å². The molecule has 10 nitrogen and oxygen atoms in total. The molecule has 3 fully saturated rings. The predicted molar refractivity (Wildman–Crippen MR) is 175 cm³/mol. The molecule has 0 aromatic heterocycles. The fourth-order valence-corrected chi connectivity index (χ4v) is 7.37. The summed E-state index contributed by atoms with van der Waals surface area (Å²) >= 11 is 3.58. The first-order chi connectivity index (χ1) is 21.4. The highest BCUT2D eigenvalue weighted by atomic mass is 79.9. The minimum atomic E-state index is -0.638. The highest BCUT2D eigenvalue weighted by Gasteiger charge is 2.35. The smallest absolute Gasteiger partial charge is 0.322 e. The van der Waals surface area contributed by atoms with Gasteiger partial charge in [0.2, 0.25) is 5.91 Å². The lowest BCUT2D eigenvalue weighted by Crippen LogP contribution is -2.58. The number of benzene rings is 2. The Morgan fingerprint density at radius 1 is 0.932 bits per heavy atom. The zero-order chi connectivity index (χ0) is 30.6. The van der Waals surface area contributed by atoms with Gasteiger partial charge in [-0.25, -0.2) is 9.59 Å². The average molecular weight is 667 g/mol. The maximum Gasteiger partial charge on any atom is 0.322 e. The van der Waals surface area contributed by atoms with Crippen molar-refractivity contribution in [2.75, 3.05) is 57.7 Å². The summed E-state index contributed by atoms with van der Waals surface area (Å²) in [6.07, 6.45) is 3.78. The fraction of sp³-hybridized carbons (Fsp3) is 0.545. The zero-order valence-electron chi connectivity index (χ0n) is 25.6. The van der Waals surface area contributed by atoms with Crippen LogP contribution < -0.4 is 16.0 Å². The summed E-state index contributed by atoms with van der Waals surface area (Å²) in [5, 5.41) is 9.56. The number of nitrogens with zero attached hydrogens (tertiary/aromatic N) is 4. The van der Waals surface area contributed by atoms with E-state index in [-0.39, 0.29) is 24.0 Å². The number of fused-ring (bicyclic) bond motifs is 1. The molecule has 4 aliphatic heterocycles. The van der Waals surface area contributed by atoms with E-state index < -0.39 is 6.04 Å². The number of amides is 5. The number of nitrogens with one attached hydrogen (secondary N) is 3. The van der Waals surface area contributed by atoms with E-state index in [1.54, 1.807) is 4.90 Å². The molecule has 11 heteroatoms. The Hall–Kier alpha value is -3.15. The van der Waals surface area contributed by atoms with Crippen LogP contribution in [-0.4, -0.2) is 108 Å². The van der Waals surface area contributed by atoms with Crippen LogP contribution in [0.25, 0.3) is 0 Å². The molecule has 4 aliphatic rings. The van der Waals surface area contributed by atoms with Crippen LogP contribution >= 0.6 is 15.9 Å². The highest BCUT2D eigenvalue weighted by molar-refractivity contribution is 9.10. The van der Waals surface area contributed by atoms with Crippen LogP contribution in [0.2, 0.25) is 0 Å². The van der Waals surface area contributed by atoms with Crippen LogP contribution in [0, 0.1) is 6.92 Å². The second-order valence-corrected chi connectivity index (χ2v) is 13.4. The molecule has 4 heterocycles. The van der Waals surface area contributed by atoms with Crippen molar-refractivity contribution >= 4 is 39.6 Å². The Bertz CT molecular complexity index is 1350. The van der Waals surface area contributed by atoms with Crippen LogP contribution in [0.1, 0.15) is 42.4 Å². The maximum absolute atomic E-state index is 14.0. The molecule has 0 saturated carbocycles. The number of halogens is 1. The van der Waals surface area contributed by atoms with Crippen molar-refractivity contribution in [2.24, 2.45) is 0 Å². The number of hydrogen-bond acceptors (Lipinski definition) is 5. The monoisotopic (exact) mass is 665 g/mol. The van der Waals surface area contributed by atoms with E-state index in [2.05, 4.69) is 42.8 Å². The van der Waals surface area contributed by atoms with Crippen molar-refractivity contribution in [3.63, 3.8) is 0 Å². The first-order valence-electron chi connectivity index (χ1n) is 16.1. The molecule has 2 aromatic rings. The Morgan fingerprint density at radius 3 is 2.34 bits per heavy atom. The van der Waals surface area contributed by atoms with Gasteiger partial charge in [-0.3, -0.25) is 9.69 Å². The Labute approximate surface area is 268 Å². The number of aryl methyl sites for hydroxylation is 1. The molecule has 0 bridgehead atoms. The first kappa shape index (κ1) is 30.9. The third kappa shape index (κ3) is 7.05. The van der Waals surface area contributed by atoms with Gasteiger partial charge < -0.3 is 30.7 Å². The third-order valence-electron chi connectivity index (χ3n) is 9.76. The lowest BCUT2D eigenvalue weighted by Gasteiger charge is -2.42. The van der Waals surface area contributed by atoms with Crippen LogP contribution in [0.4, 0.5) is 15.3 Å². The van der Waals surface area contributed by atoms with Gasteiger partial charge in [-0.1, -0.05) is 46.3 Å². The van der Waals surface area contributed by atoms with Crippen molar-refractivity contribution in [2.45, 2.75) is 63.7 Å². The largest absolute Gasteiger partial charge is 0.341 e. The molecule has 1 atom stereocenters. The van der Waals surface area contributed by atoms with E-state index in [1.807, 2.05) is 53.1 Å². The molecule has 2 aromatic carbocycles. The van der Waals surface area contributed by atoms with Crippen molar-refractivity contribution in [3.8, 4) is 0 Å². The molecule has 3 saturated heterocycles. The summed E-state index contributed by atoms with van der Waals surface area (Å²) < 4.78 is 1.02. The number of urea groups is 2. The quantitative estimate of drug-likeness (QED) is 0.436. The standard InChI is InChI=1S/C33H44BrN7O3/c1-23-20-24(6-7-28(23)34)21-30(31(42)39-14-8-26(9-15-39)38-18-12-35-13-19-38)37-32(43)40-16-10-27(11-17-40)41-22-25-4-2-3-5-29(25)36-33(41)44/h2-7,20,26-27,30,35H,8-19,21-22H2,1H3,(H,36,44)(H,37,43). The van der Waals surface area contributed by atoms with E-state index in [1.165, 1.54) is 0 Å². The molecule has 236 valence electrons. The van der Waals surface area contributed by atoms with Crippen molar-refractivity contribution in [1.29, 1.82) is 0 Å². The Kier molecular flexibility index (Phi) is 9.73. The van der Waals surface area contributed by atoms with Crippen LogP contribution in [-0.2, 0) is 17.8 Å². The Balaban J connectivity index is 1.08. The predicted octanol–water partition coefficient (Wildman–Crippen LogP) is 3.79. The molecule has 0 aliphatic carbocycles. The summed E-state index contributed by atoms with van der Waals surface area (Å²) in [6, 6.07) is 13.7. The first-order valence-corrected chi connectivity index (χ1v) is 16.8. The number of rotatable bonds is 6.